The number of allylic oxidation sites excluding steroid dienone is 12. The predicted molar refractivity (Wildman–Crippen MR) is 272 cm³/mol. The van der Waals surface area contributed by atoms with Crippen LogP contribution >= 0.6 is 0 Å². The van der Waals surface area contributed by atoms with Gasteiger partial charge in [0.2, 0.25) is 0 Å². The van der Waals surface area contributed by atoms with Crippen LogP contribution in [0.5, 0.6) is 0 Å². The van der Waals surface area contributed by atoms with Crippen molar-refractivity contribution in [3.05, 3.63) is 241 Å². The van der Waals surface area contributed by atoms with Gasteiger partial charge in [-0.05, 0) is 96.8 Å². The van der Waals surface area contributed by atoms with Crippen LogP contribution in [-0.2, 0) is 0 Å². The van der Waals surface area contributed by atoms with E-state index in [1.165, 1.54) is 82.3 Å². The lowest BCUT2D eigenvalue weighted by Crippen LogP contribution is -2.19. The second kappa shape index (κ2) is 14.2. The first kappa shape index (κ1) is 36.4. The fraction of sp³-hybridized carbons (Fsp3) is 0.0645. The van der Waals surface area contributed by atoms with Crippen molar-refractivity contribution < 1.29 is 0 Å². The molecule has 0 amide bonds. The molecule has 0 saturated heterocycles. The number of nitrogens with zero attached hydrogens (tertiary/aromatic N) is 3. The number of para-hydroxylation sites is 2. The molecule has 0 N–H and O–H groups in total. The largest absolute Gasteiger partial charge is 0.309 e. The first-order chi connectivity index (χ1) is 32.3. The van der Waals surface area contributed by atoms with Gasteiger partial charge in [0.1, 0.15) is 0 Å². The van der Waals surface area contributed by atoms with Gasteiger partial charge in [0, 0.05) is 39.8 Å². The normalized spacial score (nSPS) is 18.3. The Labute approximate surface area is 377 Å². The van der Waals surface area contributed by atoms with Gasteiger partial charge in [-0.2, -0.15) is 0 Å². The zero-order valence-corrected chi connectivity index (χ0v) is 35.6. The smallest absolute Gasteiger partial charge is 0.0976 e. The quantitative estimate of drug-likeness (QED) is 0.162. The number of fused-ring (bicyclic) bond motifs is 9. The standard InChI is InChI=1S/C62H41N3/c1-4-17-38(18-5-1)42-33-34-43(39-19-6-2-7-20-39)60-59(42)63-61-51-28-16-27-48-49(35-36-52(58(48)51)62(61)64-60)57-47-26-11-10-25-46(47)56(40-21-8-3-9-22-40)50-32-31-41(37-53(50)57)65-54-29-14-12-23-44(54)45-24-13-15-30-55(45)65/h1-17,19-38,48,58H,18H2. The van der Waals surface area contributed by atoms with Crippen molar-refractivity contribution >= 4 is 71.1 Å². The maximum atomic E-state index is 5.71. The molecule has 8 aromatic carbocycles. The molecule has 10 aromatic rings. The molecule has 2 aromatic heterocycles. The van der Waals surface area contributed by atoms with Crippen molar-refractivity contribution in [2.45, 2.75) is 12.3 Å². The lowest BCUT2D eigenvalue weighted by Gasteiger charge is -2.32. The van der Waals surface area contributed by atoms with Crippen LogP contribution in [0.3, 0.4) is 0 Å². The Morgan fingerprint density at radius 3 is 1.78 bits per heavy atom. The molecule has 0 bridgehead atoms. The average molecular weight is 828 g/mol. The zero-order chi connectivity index (χ0) is 42.6. The zero-order valence-electron chi connectivity index (χ0n) is 35.6. The number of hydrogen-bond acceptors (Lipinski definition) is 2. The van der Waals surface area contributed by atoms with E-state index in [0.717, 1.165) is 45.7 Å². The van der Waals surface area contributed by atoms with Gasteiger partial charge in [0.25, 0.3) is 0 Å². The maximum absolute atomic E-state index is 5.71. The van der Waals surface area contributed by atoms with E-state index in [4.69, 9.17) is 9.97 Å². The highest BCUT2D eigenvalue weighted by atomic mass is 15.0. The van der Waals surface area contributed by atoms with Gasteiger partial charge in [-0.15, -0.1) is 0 Å². The molecule has 0 radical (unpaired) electrons. The lowest BCUT2D eigenvalue weighted by molar-refractivity contribution is 0.725. The Kier molecular flexibility index (Phi) is 7.93. The van der Waals surface area contributed by atoms with Crippen LogP contribution in [0.1, 0.15) is 34.9 Å². The van der Waals surface area contributed by atoms with E-state index in [-0.39, 0.29) is 17.8 Å². The van der Waals surface area contributed by atoms with Gasteiger partial charge in [0.15, 0.2) is 0 Å². The van der Waals surface area contributed by atoms with E-state index in [0.29, 0.717) is 0 Å². The van der Waals surface area contributed by atoms with Gasteiger partial charge in [-0.3, -0.25) is 0 Å². The Hall–Kier alpha value is -8.14. The number of hydrogen-bond donors (Lipinski definition) is 0. The Balaban J connectivity index is 1.02. The average Bonchev–Trinajstić information content (AvgIpc) is 3.88. The summed E-state index contributed by atoms with van der Waals surface area (Å²) in [5, 5.41) is 7.54. The molecule has 3 unspecified atom stereocenters. The van der Waals surface area contributed by atoms with Crippen molar-refractivity contribution in [1.82, 2.24) is 14.5 Å². The number of benzene rings is 8. The van der Waals surface area contributed by atoms with Crippen LogP contribution in [0.4, 0.5) is 0 Å². The maximum Gasteiger partial charge on any atom is 0.0976 e. The Bertz CT molecular complexity index is 3800. The summed E-state index contributed by atoms with van der Waals surface area (Å²) in [5.41, 5.74) is 18.7. The van der Waals surface area contributed by atoms with Crippen LogP contribution in [0.25, 0.3) is 99.0 Å². The summed E-state index contributed by atoms with van der Waals surface area (Å²) in [5.74, 6) is 0.424. The van der Waals surface area contributed by atoms with E-state index in [2.05, 4.69) is 223 Å². The SMILES string of the molecule is C1=CCC(c2ccc(-c3ccccc3)c3nc4c(nc23)C2=CC=CC3C(c5c6ccccc6c(-c6ccccc6)c6ccc(-n7c8ccccc8c8ccccc87)cc56)=CC=C4C23)C=C1. The third kappa shape index (κ3) is 5.36. The van der Waals surface area contributed by atoms with Crippen LogP contribution in [-0.4, -0.2) is 14.5 Å². The molecule has 65 heavy (non-hydrogen) atoms. The topological polar surface area (TPSA) is 30.7 Å². The van der Waals surface area contributed by atoms with Crippen LogP contribution in [0.2, 0.25) is 0 Å². The van der Waals surface area contributed by atoms with Gasteiger partial charge in [-0.1, -0.05) is 194 Å². The summed E-state index contributed by atoms with van der Waals surface area (Å²) < 4.78 is 2.45. The van der Waals surface area contributed by atoms with E-state index in [1.807, 2.05) is 0 Å². The molecule has 4 aliphatic rings. The minimum Gasteiger partial charge on any atom is -0.309 e. The van der Waals surface area contributed by atoms with E-state index < -0.39 is 0 Å². The van der Waals surface area contributed by atoms with Gasteiger partial charge in [0.05, 0.1) is 33.5 Å². The molecule has 4 aliphatic carbocycles. The monoisotopic (exact) mass is 827 g/mol. The lowest BCUT2D eigenvalue weighted by atomic mass is 9.70. The summed E-state index contributed by atoms with van der Waals surface area (Å²) in [6, 6.07) is 60.0. The summed E-state index contributed by atoms with van der Waals surface area (Å²) in [7, 11) is 0. The highest BCUT2D eigenvalue weighted by Gasteiger charge is 2.43. The summed E-state index contributed by atoms with van der Waals surface area (Å²) >= 11 is 0. The molecule has 304 valence electrons. The Morgan fingerprint density at radius 2 is 1.06 bits per heavy atom. The summed E-state index contributed by atoms with van der Waals surface area (Å²) in [4.78, 5) is 11.4. The summed E-state index contributed by atoms with van der Waals surface area (Å²) in [6.07, 6.45) is 21.6. The van der Waals surface area contributed by atoms with Crippen molar-refractivity contribution in [2.75, 3.05) is 0 Å². The molecule has 14 rings (SSSR count). The molecule has 0 spiro atoms. The second-order valence-electron chi connectivity index (χ2n) is 17.9. The number of rotatable bonds is 5. The first-order valence-corrected chi connectivity index (χ1v) is 22.9. The predicted octanol–water partition coefficient (Wildman–Crippen LogP) is 15.6. The molecule has 0 fully saturated rings. The van der Waals surface area contributed by atoms with Gasteiger partial charge >= 0.3 is 0 Å². The fourth-order valence-corrected chi connectivity index (χ4v) is 11.7. The highest BCUT2D eigenvalue weighted by Crippen LogP contribution is 2.57. The molecule has 0 aliphatic heterocycles. The van der Waals surface area contributed by atoms with Crippen molar-refractivity contribution in [2.24, 2.45) is 11.8 Å². The minimum absolute atomic E-state index is 0.0830. The Morgan fingerprint density at radius 1 is 0.446 bits per heavy atom. The molecular weight excluding hydrogens is 787 g/mol. The fourth-order valence-electron chi connectivity index (χ4n) is 11.7. The molecule has 2 heterocycles. The van der Waals surface area contributed by atoms with Gasteiger partial charge in [-0.25, -0.2) is 9.97 Å². The first-order valence-electron chi connectivity index (χ1n) is 22.9. The van der Waals surface area contributed by atoms with E-state index >= 15 is 0 Å². The molecule has 0 saturated carbocycles. The van der Waals surface area contributed by atoms with E-state index in [1.54, 1.807) is 0 Å². The van der Waals surface area contributed by atoms with Crippen molar-refractivity contribution in [3.8, 4) is 27.9 Å². The van der Waals surface area contributed by atoms with Gasteiger partial charge < -0.3 is 4.57 Å². The van der Waals surface area contributed by atoms with Crippen molar-refractivity contribution in [3.63, 3.8) is 0 Å². The van der Waals surface area contributed by atoms with Crippen LogP contribution in [0, 0.1) is 11.8 Å². The van der Waals surface area contributed by atoms with Crippen molar-refractivity contribution in [1.29, 1.82) is 0 Å². The third-order valence-electron chi connectivity index (χ3n) is 14.5. The molecular formula is C62H41N3. The number of aromatic nitrogens is 3. The van der Waals surface area contributed by atoms with Crippen LogP contribution in [0.15, 0.2) is 218 Å². The summed E-state index contributed by atoms with van der Waals surface area (Å²) in [6.45, 7) is 0. The van der Waals surface area contributed by atoms with E-state index in [9.17, 15) is 0 Å². The molecule has 3 nitrogen and oxygen atoms in total. The highest BCUT2D eigenvalue weighted by molar-refractivity contribution is 6.20. The molecule has 3 heteroatoms. The molecule has 3 atom stereocenters. The second-order valence-corrected chi connectivity index (χ2v) is 17.9. The third-order valence-corrected chi connectivity index (χ3v) is 14.5. The van der Waals surface area contributed by atoms with Crippen LogP contribution < -0.4 is 0 Å². The minimum atomic E-state index is 0.0830.